The van der Waals surface area contributed by atoms with Gasteiger partial charge in [0.25, 0.3) is 0 Å². The standard InChI is InChI=1S/C9H8INO/c1-6-2-3-9(10)7(4-11)8(6)5-12/h2-3,12H,5H2,1H3. The van der Waals surface area contributed by atoms with Crippen LogP contribution >= 0.6 is 22.6 Å². The van der Waals surface area contributed by atoms with Crippen molar-refractivity contribution in [1.29, 1.82) is 5.26 Å². The predicted octanol–water partition coefficient (Wildman–Crippen LogP) is 1.96. The lowest BCUT2D eigenvalue weighted by Crippen LogP contribution is -1.96. The molecule has 0 aliphatic carbocycles. The third-order valence-electron chi connectivity index (χ3n) is 1.77. The predicted molar refractivity (Wildman–Crippen MR) is 54.5 cm³/mol. The number of nitrogens with zero attached hydrogens (tertiary/aromatic N) is 1. The Morgan fingerprint density at radius 1 is 1.58 bits per heavy atom. The second-order valence-electron chi connectivity index (χ2n) is 2.49. The number of aryl methyl sites for hydroxylation is 1. The summed E-state index contributed by atoms with van der Waals surface area (Å²) in [4.78, 5) is 0. The largest absolute Gasteiger partial charge is 0.392 e. The molecule has 0 amide bonds. The molecule has 1 aromatic carbocycles. The smallest absolute Gasteiger partial charge is 0.101 e. The fourth-order valence-corrected chi connectivity index (χ4v) is 1.67. The van der Waals surface area contributed by atoms with Crippen LogP contribution in [0, 0.1) is 21.8 Å². The van der Waals surface area contributed by atoms with E-state index in [0.29, 0.717) is 5.56 Å². The van der Waals surface area contributed by atoms with Gasteiger partial charge in [-0.05, 0) is 46.7 Å². The molecule has 0 spiro atoms. The Morgan fingerprint density at radius 3 is 2.67 bits per heavy atom. The van der Waals surface area contributed by atoms with Gasteiger partial charge >= 0.3 is 0 Å². The van der Waals surface area contributed by atoms with Crippen LogP contribution in [0.15, 0.2) is 12.1 Å². The third kappa shape index (κ3) is 1.59. The highest BCUT2D eigenvalue weighted by atomic mass is 127. The molecule has 1 rings (SSSR count). The van der Waals surface area contributed by atoms with Gasteiger partial charge < -0.3 is 5.11 Å². The summed E-state index contributed by atoms with van der Waals surface area (Å²) in [6.07, 6.45) is 0. The van der Waals surface area contributed by atoms with Gasteiger partial charge in [-0.25, -0.2) is 0 Å². The number of hydrogen-bond acceptors (Lipinski definition) is 2. The van der Waals surface area contributed by atoms with Gasteiger partial charge in [0, 0.05) is 3.57 Å². The number of rotatable bonds is 1. The van der Waals surface area contributed by atoms with Gasteiger partial charge in [-0.3, -0.25) is 0 Å². The van der Waals surface area contributed by atoms with Crippen LogP contribution in [0.2, 0.25) is 0 Å². The van der Waals surface area contributed by atoms with Crippen molar-refractivity contribution in [2.45, 2.75) is 13.5 Å². The maximum absolute atomic E-state index is 9.00. The summed E-state index contributed by atoms with van der Waals surface area (Å²) in [6.45, 7) is 1.83. The molecular weight excluding hydrogens is 265 g/mol. The molecular formula is C9H8INO. The molecule has 0 radical (unpaired) electrons. The molecule has 0 unspecified atom stereocenters. The normalized spacial score (nSPS) is 9.50. The van der Waals surface area contributed by atoms with E-state index < -0.39 is 0 Å². The van der Waals surface area contributed by atoms with Crippen LogP contribution in [-0.4, -0.2) is 5.11 Å². The molecule has 1 N–H and O–H groups in total. The molecule has 0 saturated heterocycles. The second-order valence-corrected chi connectivity index (χ2v) is 3.65. The number of aliphatic hydroxyl groups is 1. The van der Waals surface area contributed by atoms with E-state index in [0.717, 1.165) is 14.7 Å². The second kappa shape index (κ2) is 3.87. The van der Waals surface area contributed by atoms with Gasteiger partial charge in [-0.1, -0.05) is 6.07 Å². The van der Waals surface area contributed by atoms with Gasteiger partial charge in [-0.2, -0.15) is 5.26 Å². The van der Waals surface area contributed by atoms with Crippen LogP contribution in [-0.2, 0) is 6.61 Å². The Balaban J connectivity index is 3.41. The summed E-state index contributed by atoms with van der Waals surface area (Å²) in [5, 5.41) is 17.8. The van der Waals surface area contributed by atoms with E-state index in [1.54, 1.807) is 0 Å². The molecule has 2 nitrogen and oxygen atoms in total. The van der Waals surface area contributed by atoms with Crippen LogP contribution in [0.3, 0.4) is 0 Å². The average Bonchev–Trinajstić information content (AvgIpc) is 2.08. The highest BCUT2D eigenvalue weighted by molar-refractivity contribution is 14.1. The summed E-state index contributed by atoms with van der Waals surface area (Å²) in [5.41, 5.74) is 2.30. The van der Waals surface area contributed by atoms with E-state index in [1.165, 1.54) is 0 Å². The zero-order chi connectivity index (χ0) is 9.14. The van der Waals surface area contributed by atoms with Crippen molar-refractivity contribution in [3.63, 3.8) is 0 Å². The van der Waals surface area contributed by atoms with Crippen molar-refractivity contribution in [2.75, 3.05) is 0 Å². The van der Waals surface area contributed by atoms with E-state index in [9.17, 15) is 0 Å². The lowest BCUT2D eigenvalue weighted by molar-refractivity contribution is 0.280. The Morgan fingerprint density at radius 2 is 2.25 bits per heavy atom. The third-order valence-corrected chi connectivity index (χ3v) is 2.67. The molecule has 0 heterocycles. The Hall–Kier alpha value is -0.600. The van der Waals surface area contributed by atoms with Crippen LogP contribution < -0.4 is 0 Å². The van der Waals surface area contributed by atoms with E-state index in [4.69, 9.17) is 10.4 Å². The van der Waals surface area contributed by atoms with Crippen molar-refractivity contribution in [3.8, 4) is 6.07 Å². The Bertz CT molecular complexity index is 341. The first-order valence-electron chi connectivity index (χ1n) is 3.49. The van der Waals surface area contributed by atoms with Gasteiger partial charge in [0.1, 0.15) is 6.07 Å². The number of nitriles is 1. The van der Waals surface area contributed by atoms with Crippen LogP contribution in [0.1, 0.15) is 16.7 Å². The van der Waals surface area contributed by atoms with Crippen LogP contribution in [0.25, 0.3) is 0 Å². The SMILES string of the molecule is Cc1ccc(I)c(C#N)c1CO. The minimum absolute atomic E-state index is 0.0639. The van der Waals surface area contributed by atoms with Gasteiger partial charge in [0.2, 0.25) is 0 Å². The summed E-state index contributed by atoms with van der Waals surface area (Å²) in [6, 6.07) is 5.88. The van der Waals surface area contributed by atoms with Crippen molar-refractivity contribution < 1.29 is 5.11 Å². The fraction of sp³-hybridized carbons (Fsp3) is 0.222. The summed E-state index contributed by atoms with van der Waals surface area (Å²) < 4.78 is 0.893. The maximum Gasteiger partial charge on any atom is 0.101 e. The van der Waals surface area contributed by atoms with Crippen LogP contribution in [0.4, 0.5) is 0 Å². The summed E-state index contributed by atoms with van der Waals surface area (Å²) in [5.74, 6) is 0. The highest BCUT2D eigenvalue weighted by Crippen LogP contribution is 2.19. The van der Waals surface area contributed by atoms with Gasteiger partial charge in [-0.15, -0.1) is 0 Å². The zero-order valence-corrected chi connectivity index (χ0v) is 8.79. The Labute approximate surface area is 85.0 Å². The average molecular weight is 273 g/mol. The molecule has 0 atom stereocenters. The maximum atomic E-state index is 9.00. The number of benzene rings is 1. The van der Waals surface area contributed by atoms with Crippen molar-refractivity contribution in [1.82, 2.24) is 0 Å². The molecule has 12 heavy (non-hydrogen) atoms. The molecule has 0 aromatic heterocycles. The lowest BCUT2D eigenvalue weighted by Gasteiger charge is -2.05. The lowest BCUT2D eigenvalue weighted by atomic mass is 10.0. The minimum atomic E-state index is -0.0639. The zero-order valence-electron chi connectivity index (χ0n) is 6.63. The topological polar surface area (TPSA) is 44.0 Å². The number of hydrogen-bond donors (Lipinski definition) is 1. The molecule has 0 aliphatic rings. The molecule has 0 fully saturated rings. The van der Waals surface area contributed by atoms with Crippen molar-refractivity contribution in [3.05, 3.63) is 32.4 Å². The molecule has 0 bridgehead atoms. The number of halogens is 1. The van der Waals surface area contributed by atoms with Gasteiger partial charge in [0.15, 0.2) is 0 Å². The summed E-state index contributed by atoms with van der Waals surface area (Å²) in [7, 11) is 0. The minimum Gasteiger partial charge on any atom is -0.392 e. The van der Waals surface area contributed by atoms with Crippen molar-refractivity contribution >= 4 is 22.6 Å². The molecule has 1 aromatic rings. The van der Waals surface area contributed by atoms with Gasteiger partial charge in [0.05, 0.1) is 12.2 Å². The molecule has 62 valence electrons. The molecule has 3 heteroatoms. The quantitative estimate of drug-likeness (QED) is 0.795. The van der Waals surface area contributed by atoms with E-state index >= 15 is 0 Å². The molecule has 0 aliphatic heterocycles. The monoisotopic (exact) mass is 273 g/mol. The molecule has 0 saturated carbocycles. The van der Waals surface area contributed by atoms with Crippen LogP contribution in [0.5, 0.6) is 0 Å². The van der Waals surface area contributed by atoms with Crippen molar-refractivity contribution in [2.24, 2.45) is 0 Å². The van der Waals surface area contributed by atoms with E-state index in [1.807, 2.05) is 19.1 Å². The first-order chi connectivity index (χ1) is 5.70. The highest BCUT2D eigenvalue weighted by Gasteiger charge is 2.07. The first kappa shape index (κ1) is 9.49. The number of aliphatic hydroxyl groups excluding tert-OH is 1. The Kier molecular flexibility index (Phi) is 3.06. The van der Waals surface area contributed by atoms with E-state index in [-0.39, 0.29) is 6.61 Å². The summed E-state index contributed by atoms with van der Waals surface area (Å²) >= 11 is 2.09. The first-order valence-corrected chi connectivity index (χ1v) is 4.57. The van der Waals surface area contributed by atoms with E-state index in [2.05, 4.69) is 28.7 Å². The fourth-order valence-electron chi connectivity index (χ4n) is 1.05.